The highest BCUT2D eigenvalue weighted by Gasteiger charge is 2.53. The van der Waals surface area contributed by atoms with E-state index in [-0.39, 0.29) is 5.91 Å². The van der Waals surface area contributed by atoms with E-state index in [0.717, 1.165) is 5.56 Å². The molecular formula is C15H15NO5. The van der Waals surface area contributed by atoms with E-state index >= 15 is 0 Å². The minimum Gasteiger partial charge on any atom is -0.467 e. The molecule has 0 aliphatic carbocycles. The Kier molecular flexibility index (Phi) is 3.48. The van der Waals surface area contributed by atoms with Gasteiger partial charge in [-0.3, -0.25) is 4.79 Å². The summed E-state index contributed by atoms with van der Waals surface area (Å²) in [7, 11) is 1.26. The van der Waals surface area contributed by atoms with Gasteiger partial charge in [-0.25, -0.2) is 4.79 Å². The maximum absolute atomic E-state index is 12.3. The molecule has 110 valence electrons. The molecule has 1 aromatic carbocycles. The van der Waals surface area contributed by atoms with Crippen molar-refractivity contribution in [3.8, 4) is 0 Å². The van der Waals surface area contributed by atoms with Crippen LogP contribution >= 0.6 is 0 Å². The van der Waals surface area contributed by atoms with E-state index in [2.05, 4.69) is 11.3 Å². The highest BCUT2D eigenvalue weighted by atomic mass is 16.8. The van der Waals surface area contributed by atoms with Crippen molar-refractivity contribution in [2.24, 2.45) is 0 Å². The van der Waals surface area contributed by atoms with E-state index in [0.29, 0.717) is 12.2 Å². The van der Waals surface area contributed by atoms with Gasteiger partial charge < -0.3 is 19.1 Å². The topological polar surface area (TPSA) is 65.1 Å². The van der Waals surface area contributed by atoms with Crippen molar-refractivity contribution < 1.29 is 23.8 Å². The molecule has 2 aliphatic rings. The molecule has 2 aliphatic heterocycles. The van der Waals surface area contributed by atoms with Crippen molar-refractivity contribution >= 4 is 11.9 Å². The zero-order chi connectivity index (χ0) is 15.0. The molecule has 0 unspecified atom stereocenters. The minimum absolute atomic E-state index is 0.355. The molecule has 3 rings (SSSR count). The van der Waals surface area contributed by atoms with Crippen LogP contribution < -0.4 is 0 Å². The fraction of sp³-hybridized carbons (Fsp3) is 0.333. The number of carbonyl (C=O) groups excluding carboxylic acids is 2. The summed E-state index contributed by atoms with van der Waals surface area (Å²) in [5.74, 6) is -0.926. The number of nitrogens with zero attached hydrogens (tertiary/aromatic N) is 1. The summed E-state index contributed by atoms with van der Waals surface area (Å²) >= 11 is 0. The van der Waals surface area contributed by atoms with Crippen LogP contribution in [0.2, 0.25) is 0 Å². The predicted octanol–water partition coefficient (Wildman–Crippen LogP) is 0.826. The maximum atomic E-state index is 12.3. The van der Waals surface area contributed by atoms with E-state index in [1.807, 2.05) is 30.3 Å². The van der Waals surface area contributed by atoms with Gasteiger partial charge in [0.2, 0.25) is 6.29 Å². The van der Waals surface area contributed by atoms with E-state index in [9.17, 15) is 9.59 Å². The predicted molar refractivity (Wildman–Crippen MR) is 71.7 cm³/mol. The van der Waals surface area contributed by atoms with Gasteiger partial charge in [0.15, 0.2) is 6.10 Å². The van der Waals surface area contributed by atoms with Gasteiger partial charge in [-0.15, -0.1) is 0 Å². The lowest BCUT2D eigenvalue weighted by molar-refractivity contribution is -0.169. The van der Waals surface area contributed by atoms with Crippen LogP contribution in [0.1, 0.15) is 5.56 Å². The molecule has 2 heterocycles. The number of carbonyl (C=O) groups is 2. The average molecular weight is 289 g/mol. The monoisotopic (exact) mass is 289 g/mol. The fourth-order valence-corrected chi connectivity index (χ4v) is 2.47. The Balaban J connectivity index is 1.83. The van der Waals surface area contributed by atoms with Crippen molar-refractivity contribution in [2.45, 2.75) is 25.0 Å². The van der Waals surface area contributed by atoms with Crippen LogP contribution in [0.5, 0.6) is 0 Å². The second kappa shape index (κ2) is 5.31. The number of morpholine rings is 1. The maximum Gasteiger partial charge on any atom is 0.338 e. The minimum atomic E-state index is -1.08. The third kappa shape index (κ3) is 2.32. The van der Waals surface area contributed by atoms with Crippen LogP contribution in [-0.4, -0.2) is 42.4 Å². The first-order valence-electron chi connectivity index (χ1n) is 6.54. The summed E-state index contributed by atoms with van der Waals surface area (Å²) in [5.41, 5.74) is 1.37. The Morgan fingerprint density at radius 1 is 1.33 bits per heavy atom. The molecule has 0 radical (unpaired) electrons. The molecule has 3 atom stereocenters. The standard InChI is InChI=1S/C15H15NO5/c1-9-11-12(14(18)19-2)21-15(20-11)13(17)16(9)8-10-6-4-3-5-7-10/h3-7,11-12,15H,1,8H2,2H3/t11-,12+,15+/m1/s1. The number of hydrogen-bond acceptors (Lipinski definition) is 5. The number of esters is 1. The number of rotatable bonds is 3. The third-order valence-electron chi connectivity index (χ3n) is 3.58. The van der Waals surface area contributed by atoms with E-state index in [1.54, 1.807) is 0 Å². The smallest absolute Gasteiger partial charge is 0.338 e. The first kappa shape index (κ1) is 13.8. The second-order valence-corrected chi connectivity index (χ2v) is 4.87. The van der Waals surface area contributed by atoms with Gasteiger partial charge in [0.05, 0.1) is 13.7 Å². The highest BCUT2D eigenvalue weighted by molar-refractivity contribution is 5.86. The summed E-state index contributed by atoms with van der Waals surface area (Å²) in [6, 6.07) is 9.52. The Hall–Kier alpha value is -2.18. The van der Waals surface area contributed by atoms with Gasteiger partial charge in [-0.05, 0) is 5.56 Å². The number of fused-ring (bicyclic) bond motifs is 2. The Labute approximate surface area is 121 Å². The lowest BCUT2D eigenvalue weighted by Gasteiger charge is -2.32. The first-order chi connectivity index (χ1) is 10.1. The van der Waals surface area contributed by atoms with Crippen molar-refractivity contribution in [3.63, 3.8) is 0 Å². The molecule has 6 heteroatoms. The van der Waals surface area contributed by atoms with Crippen LogP contribution in [-0.2, 0) is 30.3 Å². The molecule has 2 bridgehead atoms. The number of ether oxygens (including phenoxy) is 3. The third-order valence-corrected chi connectivity index (χ3v) is 3.58. The number of benzene rings is 1. The molecule has 21 heavy (non-hydrogen) atoms. The van der Waals surface area contributed by atoms with Gasteiger partial charge in [0, 0.05) is 5.70 Å². The van der Waals surface area contributed by atoms with Crippen LogP contribution in [0.3, 0.4) is 0 Å². The summed E-state index contributed by atoms with van der Waals surface area (Å²) in [6.45, 7) is 4.25. The van der Waals surface area contributed by atoms with Crippen LogP contribution in [0.4, 0.5) is 0 Å². The van der Waals surface area contributed by atoms with Gasteiger partial charge in [0.1, 0.15) is 6.10 Å². The molecule has 2 saturated heterocycles. The largest absolute Gasteiger partial charge is 0.467 e. The average Bonchev–Trinajstić information content (AvgIpc) is 2.92. The normalized spacial score (nSPS) is 27.9. The number of amides is 1. The van der Waals surface area contributed by atoms with Gasteiger partial charge >= 0.3 is 5.97 Å². The van der Waals surface area contributed by atoms with Crippen molar-refractivity contribution in [2.75, 3.05) is 7.11 Å². The molecule has 0 spiro atoms. The van der Waals surface area contributed by atoms with E-state index in [4.69, 9.17) is 9.47 Å². The molecule has 1 amide bonds. The zero-order valence-electron chi connectivity index (χ0n) is 11.5. The van der Waals surface area contributed by atoms with Crippen molar-refractivity contribution in [1.29, 1.82) is 0 Å². The molecule has 0 aromatic heterocycles. The van der Waals surface area contributed by atoms with Crippen LogP contribution in [0.25, 0.3) is 0 Å². The Morgan fingerprint density at radius 3 is 2.71 bits per heavy atom. The molecular weight excluding hydrogens is 274 g/mol. The van der Waals surface area contributed by atoms with Gasteiger partial charge in [0.25, 0.3) is 5.91 Å². The van der Waals surface area contributed by atoms with Crippen LogP contribution in [0, 0.1) is 0 Å². The van der Waals surface area contributed by atoms with E-state index < -0.39 is 24.5 Å². The fourth-order valence-electron chi connectivity index (χ4n) is 2.47. The Bertz CT molecular complexity index is 585. The molecule has 0 saturated carbocycles. The van der Waals surface area contributed by atoms with Crippen LogP contribution in [0.15, 0.2) is 42.6 Å². The van der Waals surface area contributed by atoms with Crippen molar-refractivity contribution in [3.05, 3.63) is 48.2 Å². The van der Waals surface area contributed by atoms with Crippen molar-refractivity contribution in [1.82, 2.24) is 4.90 Å². The Morgan fingerprint density at radius 2 is 2.05 bits per heavy atom. The molecule has 0 N–H and O–H groups in total. The van der Waals surface area contributed by atoms with E-state index in [1.165, 1.54) is 12.0 Å². The lowest BCUT2D eigenvalue weighted by Crippen LogP contribution is -2.46. The van der Waals surface area contributed by atoms with Gasteiger partial charge in [-0.2, -0.15) is 0 Å². The molecule has 1 aromatic rings. The number of hydrogen-bond donors (Lipinski definition) is 0. The summed E-state index contributed by atoms with van der Waals surface area (Å²) in [5, 5.41) is 0. The number of methoxy groups -OCH3 is 1. The lowest BCUT2D eigenvalue weighted by atomic mass is 10.1. The highest BCUT2D eigenvalue weighted by Crippen LogP contribution is 2.34. The quantitative estimate of drug-likeness (QED) is 0.771. The second-order valence-electron chi connectivity index (χ2n) is 4.87. The molecule has 2 fully saturated rings. The summed E-state index contributed by atoms with van der Waals surface area (Å²) < 4.78 is 15.4. The summed E-state index contributed by atoms with van der Waals surface area (Å²) in [4.78, 5) is 25.5. The molecule has 6 nitrogen and oxygen atoms in total. The first-order valence-corrected chi connectivity index (χ1v) is 6.54. The summed E-state index contributed by atoms with van der Waals surface area (Å²) in [6.07, 6.45) is -2.71. The SMILES string of the molecule is C=C1[C@H]2O[C@@H](O[C@@H]2C(=O)OC)C(=O)N1Cc1ccccc1. The zero-order valence-corrected chi connectivity index (χ0v) is 11.5. The van der Waals surface area contributed by atoms with Gasteiger partial charge in [-0.1, -0.05) is 36.9 Å².